The lowest BCUT2D eigenvalue weighted by atomic mass is 10.0. The SMILES string of the molecule is COC(=O)N[C@H](C(=O)N1CCCC1c1cc(=O)c2cc(Br)ccc2[nH]1)C(C)C. The molecule has 0 saturated carbocycles. The number of ether oxygens (including phenoxy) is 1. The number of benzene rings is 1. The molecular weight excluding hydrogens is 426 g/mol. The summed E-state index contributed by atoms with van der Waals surface area (Å²) in [6.45, 7) is 4.33. The summed E-state index contributed by atoms with van der Waals surface area (Å²) in [6.07, 6.45) is 0.958. The van der Waals surface area contributed by atoms with E-state index >= 15 is 0 Å². The average molecular weight is 450 g/mol. The highest BCUT2D eigenvalue weighted by Crippen LogP contribution is 2.32. The Balaban J connectivity index is 1.93. The van der Waals surface area contributed by atoms with E-state index in [1.165, 1.54) is 7.11 Å². The number of halogens is 1. The maximum atomic E-state index is 13.2. The summed E-state index contributed by atoms with van der Waals surface area (Å²) in [7, 11) is 1.27. The monoisotopic (exact) mass is 449 g/mol. The van der Waals surface area contributed by atoms with Gasteiger partial charge in [-0.1, -0.05) is 29.8 Å². The molecule has 0 radical (unpaired) electrons. The average Bonchev–Trinajstić information content (AvgIpc) is 3.15. The molecule has 2 aromatic rings. The predicted molar refractivity (Wildman–Crippen MR) is 110 cm³/mol. The van der Waals surface area contributed by atoms with Gasteiger partial charge in [0.05, 0.1) is 13.2 Å². The molecule has 1 aromatic carbocycles. The molecule has 1 fully saturated rings. The number of carbonyl (C=O) groups excluding carboxylic acids is 2. The molecule has 1 aliphatic heterocycles. The van der Waals surface area contributed by atoms with Crippen molar-refractivity contribution in [1.29, 1.82) is 0 Å². The summed E-state index contributed by atoms with van der Waals surface area (Å²) in [5, 5.41) is 3.23. The molecule has 0 spiro atoms. The standard InChI is InChI=1S/C20H24BrN3O4/c1-11(2)18(23-20(27)28-3)19(26)24-8-4-5-16(24)15-10-17(25)13-9-12(21)6-7-14(13)22-15/h6-7,9-11,16,18H,4-5,8H2,1-3H3,(H,22,25)(H,23,27)/t16?,18-/m0/s1. The lowest BCUT2D eigenvalue weighted by Crippen LogP contribution is -2.51. The molecule has 150 valence electrons. The molecule has 3 rings (SSSR count). The van der Waals surface area contributed by atoms with Gasteiger partial charge in [-0.2, -0.15) is 0 Å². The Bertz CT molecular complexity index is 956. The van der Waals surface area contributed by atoms with E-state index in [0.29, 0.717) is 17.6 Å². The van der Waals surface area contributed by atoms with Crippen LogP contribution in [0.25, 0.3) is 10.9 Å². The van der Waals surface area contributed by atoms with Gasteiger partial charge in [0, 0.05) is 33.7 Å². The number of methoxy groups -OCH3 is 1. The Hall–Kier alpha value is -2.35. The largest absolute Gasteiger partial charge is 0.453 e. The van der Waals surface area contributed by atoms with Crippen molar-refractivity contribution in [2.75, 3.05) is 13.7 Å². The summed E-state index contributed by atoms with van der Waals surface area (Å²) in [4.78, 5) is 42.5. The molecule has 2 N–H and O–H groups in total. The number of hydrogen-bond donors (Lipinski definition) is 2. The van der Waals surface area contributed by atoms with Gasteiger partial charge in [-0.25, -0.2) is 4.79 Å². The van der Waals surface area contributed by atoms with Crippen molar-refractivity contribution >= 4 is 38.8 Å². The van der Waals surface area contributed by atoms with E-state index in [1.807, 2.05) is 26.0 Å². The van der Waals surface area contributed by atoms with Gasteiger partial charge in [0.2, 0.25) is 5.91 Å². The zero-order valence-electron chi connectivity index (χ0n) is 16.1. The molecule has 2 atom stereocenters. The molecule has 1 aromatic heterocycles. The van der Waals surface area contributed by atoms with Crippen LogP contribution < -0.4 is 10.7 Å². The first-order valence-corrected chi connectivity index (χ1v) is 10.1. The van der Waals surface area contributed by atoms with Gasteiger partial charge in [-0.3, -0.25) is 9.59 Å². The Morgan fingerprint density at radius 2 is 2.07 bits per heavy atom. The summed E-state index contributed by atoms with van der Waals surface area (Å²) in [6, 6.07) is 6.16. The second-order valence-corrected chi connectivity index (χ2v) is 8.24. The van der Waals surface area contributed by atoms with Gasteiger partial charge >= 0.3 is 6.09 Å². The van der Waals surface area contributed by atoms with Gasteiger partial charge < -0.3 is 19.9 Å². The number of H-pyrrole nitrogens is 1. The molecule has 2 heterocycles. The molecule has 7 nitrogen and oxygen atoms in total. The second kappa shape index (κ2) is 8.34. The van der Waals surface area contributed by atoms with Crippen LogP contribution in [-0.2, 0) is 9.53 Å². The number of aromatic amines is 1. The van der Waals surface area contributed by atoms with E-state index in [1.54, 1.807) is 17.0 Å². The van der Waals surface area contributed by atoms with E-state index in [2.05, 4.69) is 31.0 Å². The third kappa shape index (κ3) is 4.06. The van der Waals surface area contributed by atoms with Crippen LogP contribution >= 0.6 is 15.9 Å². The zero-order valence-corrected chi connectivity index (χ0v) is 17.7. The number of rotatable bonds is 4. The fourth-order valence-corrected chi connectivity index (χ4v) is 4.01. The molecule has 0 bridgehead atoms. The van der Waals surface area contributed by atoms with Gasteiger partial charge in [0.25, 0.3) is 0 Å². The van der Waals surface area contributed by atoms with Crippen LogP contribution in [0.3, 0.4) is 0 Å². The highest BCUT2D eigenvalue weighted by Gasteiger charge is 2.36. The Labute approximate surface area is 171 Å². The van der Waals surface area contributed by atoms with Crippen molar-refractivity contribution in [1.82, 2.24) is 15.2 Å². The number of likely N-dealkylation sites (tertiary alicyclic amines) is 1. The van der Waals surface area contributed by atoms with Gasteiger partial charge in [0.15, 0.2) is 5.43 Å². The molecule has 1 unspecified atom stereocenters. The topological polar surface area (TPSA) is 91.5 Å². The third-order valence-corrected chi connectivity index (χ3v) is 5.59. The van der Waals surface area contributed by atoms with Crippen LogP contribution in [0, 0.1) is 5.92 Å². The molecule has 8 heteroatoms. The van der Waals surface area contributed by atoms with E-state index in [-0.39, 0.29) is 23.3 Å². The van der Waals surface area contributed by atoms with Gasteiger partial charge in [0.1, 0.15) is 6.04 Å². The lowest BCUT2D eigenvalue weighted by molar-refractivity contribution is -0.135. The maximum Gasteiger partial charge on any atom is 0.407 e. The van der Waals surface area contributed by atoms with E-state index < -0.39 is 12.1 Å². The van der Waals surface area contributed by atoms with Gasteiger partial charge in [-0.05, 0) is 37.0 Å². The van der Waals surface area contributed by atoms with Crippen molar-refractivity contribution < 1.29 is 14.3 Å². The van der Waals surface area contributed by atoms with Crippen LogP contribution in [0.2, 0.25) is 0 Å². The minimum atomic E-state index is -0.684. The number of nitrogens with one attached hydrogen (secondary N) is 2. The van der Waals surface area contributed by atoms with Crippen molar-refractivity contribution in [2.24, 2.45) is 5.92 Å². The number of pyridine rings is 1. The quantitative estimate of drug-likeness (QED) is 0.748. The minimum Gasteiger partial charge on any atom is -0.453 e. The first kappa shape index (κ1) is 20.4. The Kier molecular flexibility index (Phi) is 6.07. The maximum absolute atomic E-state index is 13.2. The van der Waals surface area contributed by atoms with E-state index in [9.17, 15) is 14.4 Å². The number of nitrogens with zero attached hydrogens (tertiary/aromatic N) is 1. The Morgan fingerprint density at radius 3 is 2.75 bits per heavy atom. The number of alkyl carbamates (subject to hydrolysis) is 1. The van der Waals surface area contributed by atoms with Crippen LogP contribution in [0.15, 0.2) is 33.5 Å². The minimum absolute atomic E-state index is 0.0857. The van der Waals surface area contributed by atoms with Crippen molar-refractivity contribution in [3.63, 3.8) is 0 Å². The molecule has 28 heavy (non-hydrogen) atoms. The summed E-state index contributed by atoms with van der Waals surface area (Å²) in [5.74, 6) is -0.263. The first-order valence-electron chi connectivity index (χ1n) is 9.29. The van der Waals surface area contributed by atoms with Crippen LogP contribution in [-0.4, -0.2) is 41.6 Å². The predicted octanol–water partition coefficient (Wildman–Crippen LogP) is 3.33. The highest BCUT2D eigenvalue weighted by molar-refractivity contribution is 9.10. The van der Waals surface area contributed by atoms with Crippen LogP contribution in [0.5, 0.6) is 0 Å². The van der Waals surface area contributed by atoms with Crippen LogP contribution in [0.4, 0.5) is 4.79 Å². The van der Waals surface area contributed by atoms with E-state index in [0.717, 1.165) is 22.8 Å². The van der Waals surface area contributed by atoms with Crippen molar-refractivity contribution in [3.05, 3.63) is 44.7 Å². The number of amides is 2. The highest BCUT2D eigenvalue weighted by atomic mass is 79.9. The van der Waals surface area contributed by atoms with Crippen LogP contribution in [0.1, 0.15) is 38.4 Å². The summed E-state index contributed by atoms with van der Waals surface area (Å²) in [5.41, 5.74) is 1.36. The van der Waals surface area contributed by atoms with Gasteiger partial charge in [-0.15, -0.1) is 0 Å². The lowest BCUT2D eigenvalue weighted by Gasteiger charge is -2.30. The zero-order chi connectivity index (χ0) is 20.4. The molecule has 1 aliphatic rings. The van der Waals surface area contributed by atoms with Crippen molar-refractivity contribution in [2.45, 2.75) is 38.8 Å². The smallest absolute Gasteiger partial charge is 0.407 e. The number of hydrogen-bond acceptors (Lipinski definition) is 4. The molecule has 2 amide bonds. The molecular formula is C20H24BrN3O4. The normalized spacial score (nSPS) is 17.8. The summed E-state index contributed by atoms with van der Waals surface area (Å²) < 4.78 is 5.49. The molecule has 0 aliphatic carbocycles. The van der Waals surface area contributed by atoms with Crippen molar-refractivity contribution in [3.8, 4) is 0 Å². The summed E-state index contributed by atoms with van der Waals surface area (Å²) >= 11 is 3.38. The Morgan fingerprint density at radius 1 is 1.32 bits per heavy atom. The second-order valence-electron chi connectivity index (χ2n) is 7.33. The first-order chi connectivity index (χ1) is 13.3. The number of fused-ring (bicyclic) bond motifs is 1. The number of carbonyl (C=O) groups is 2. The number of aromatic nitrogens is 1. The molecule has 1 saturated heterocycles. The third-order valence-electron chi connectivity index (χ3n) is 5.10. The van der Waals surface area contributed by atoms with E-state index in [4.69, 9.17) is 0 Å². The fraction of sp³-hybridized carbons (Fsp3) is 0.450. The fourth-order valence-electron chi connectivity index (χ4n) is 3.65.